The first-order valence-corrected chi connectivity index (χ1v) is 33.2. The van der Waals surface area contributed by atoms with E-state index in [1.54, 1.807) is 0 Å². The number of ether oxygens (including phenoxy) is 3. The van der Waals surface area contributed by atoms with E-state index in [0.717, 1.165) is 148 Å². The van der Waals surface area contributed by atoms with E-state index < -0.39 is 91.5 Å². The van der Waals surface area contributed by atoms with Crippen LogP contribution in [-0.2, 0) is 55.8 Å². The molecule has 0 rings (SSSR count). The Hall–Kier alpha value is -3.01. The Bertz CT molecular complexity index is 1750. The summed E-state index contributed by atoms with van der Waals surface area (Å²) in [6.45, 7) is 2.43. The van der Waals surface area contributed by atoms with Gasteiger partial charge in [-0.05, 0) is 103 Å². The van der Waals surface area contributed by atoms with Gasteiger partial charge in [-0.15, -0.1) is 0 Å². The van der Waals surface area contributed by atoms with Crippen LogP contribution >= 0.6 is 15.6 Å². The van der Waals surface area contributed by atoms with E-state index in [1.807, 2.05) is 0 Å². The zero-order chi connectivity index (χ0) is 58.2. The number of hydrogen-bond donors (Lipinski definition) is 4. The smallest absolute Gasteiger partial charge is 0.463 e. The van der Waals surface area contributed by atoms with Crippen LogP contribution in [0, 0.1) is 0 Å². The fraction of sp³-hybridized carbons (Fsp3) is 0.754. The molecule has 0 amide bonds. The second-order valence-electron chi connectivity index (χ2n) is 20.1. The van der Waals surface area contributed by atoms with Crippen molar-refractivity contribution in [3.05, 3.63) is 72.9 Å². The van der Waals surface area contributed by atoms with Gasteiger partial charge in [0.25, 0.3) is 0 Å². The molecule has 0 aromatic carbocycles. The second kappa shape index (κ2) is 55.5. The Morgan fingerprint density at radius 3 is 1.11 bits per heavy atom. The van der Waals surface area contributed by atoms with E-state index >= 15 is 0 Å². The van der Waals surface area contributed by atoms with Crippen LogP contribution in [0.2, 0.25) is 0 Å². The normalized spacial score (nSPS) is 15.0. The number of unbranched alkanes of at least 4 members (excludes halogenated alkanes) is 22. The van der Waals surface area contributed by atoms with Gasteiger partial charge >= 0.3 is 33.6 Å². The van der Waals surface area contributed by atoms with Crippen molar-refractivity contribution in [2.45, 2.75) is 257 Å². The molecule has 0 heterocycles. The molecule has 0 spiro atoms. The van der Waals surface area contributed by atoms with Gasteiger partial charge in [0.15, 0.2) is 6.10 Å². The van der Waals surface area contributed by atoms with Crippen LogP contribution in [-0.4, -0.2) is 95.9 Å². The maximum atomic E-state index is 12.8. The summed E-state index contributed by atoms with van der Waals surface area (Å²) in [5.41, 5.74) is 0. The van der Waals surface area contributed by atoms with Crippen LogP contribution in [0.3, 0.4) is 0 Å². The molecule has 79 heavy (non-hydrogen) atoms. The van der Waals surface area contributed by atoms with Crippen molar-refractivity contribution in [2.24, 2.45) is 0 Å². The van der Waals surface area contributed by atoms with Gasteiger partial charge < -0.3 is 34.2 Å². The van der Waals surface area contributed by atoms with E-state index in [1.165, 1.54) is 32.1 Å². The summed E-state index contributed by atoms with van der Waals surface area (Å²) in [6.07, 6.45) is 54.0. The lowest BCUT2D eigenvalue weighted by atomic mass is 10.1. The van der Waals surface area contributed by atoms with Crippen LogP contribution in [0.5, 0.6) is 0 Å². The summed E-state index contributed by atoms with van der Waals surface area (Å²) < 4.78 is 60.6. The molecule has 0 bridgehead atoms. The third-order valence-corrected chi connectivity index (χ3v) is 14.3. The average molecular weight is 1160 g/mol. The molecule has 0 aromatic heterocycles. The van der Waals surface area contributed by atoms with Gasteiger partial charge in [0.2, 0.25) is 0 Å². The number of phosphoric ester groups is 2. The summed E-state index contributed by atoms with van der Waals surface area (Å²) in [7, 11) is -9.76. The molecule has 0 radical (unpaired) electrons. The van der Waals surface area contributed by atoms with Gasteiger partial charge in [-0.1, -0.05) is 190 Å². The van der Waals surface area contributed by atoms with Crippen LogP contribution in [0.4, 0.5) is 0 Å². The van der Waals surface area contributed by atoms with Crippen molar-refractivity contribution in [3.63, 3.8) is 0 Å². The highest BCUT2D eigenvalue weighted by Crippen LogP contribution is 2.45. The van der Waals surface area contributed by atoms with Crippen LogP contribution < -0.4 is 0 Å². The highest BCUT2D eigenvalue weighted by molar-refractivity contribution is 7.47. The number of aliphatic hydroxyl groups excluding tert-OH is 2. The van der Waals surface area contributed by atoms with E-state index in [9.17, 15) is 43.5 Å². The van der Waals surface area contributed by atoms with Gasteiger partial charge in [-0.3, -0.25) is 32.5 Å². The predicted molar refractivity (Wildman–Crippen MR) is 316 cm³/mol. The third kappa shape index (κ3) is 56.6. The number of carbonyl (C=O) groups excluding carboxylic acids is 3. The highest BCUT2D eigenvalue weighted by Gasteiger charge is 2.29. The van der Waals surface area contributed by atoms with Crippen LogP contribution in [0.15, 0.2) is 72.9 Å². The minimum Gasteiger partial charge on any atom is -0.463 e. The summed E-state index contributed by atoms with van der Waals surface area (Å²) in [5, 5.41) is 20.4. The molecule has 18 heteroatoms. The summed E-state index contributed by atoms with van der Waals surface area (Å²) in [5.74, 6) is -1.61. The Morgan fingerprint density at radius 1 is 0.367 bits per heavy atom. The molecule has 0 aliphatic carbocycles. The van der Waals surface area contributed by atoms with E-state index in [0.29, 0.717) is 19.3 Å². The number of rotatable bonds is 57. The zero-order valence-corrected chi connectivity index (χ0v) is 50.8. The number of carbonyl (C=O) groups is 3. The Labute approximate surface area is 477 Å². The number of allylic oxidation sites excluding steroid dienone is 12. The van der Waals surface area contributed by atoms with Crippen LogP contribution in [0.25, 0.3) is 0 Å². The molecular weight excluding hydrogens is 1050 g/mol. The monoisotopic (exact) mass is 1160 g/mol. The average Bonchev–Trinajstić information content (AvgIpc) is 3.42. The molecule has 0 aliphatic heterocycles. The van der Waals surface area contributed by atoms with Gasteiger partial charge in [0, 0.05) is 19.3 Å². The number of aliphatic hydroxyl groups is 2. The van der Waals surface area contributed by atoms with Crippen molar-refractivity contribution in [3.8, 4) is 0 Å². The first-order valence-electron chi connectivity index (χ1n) is 30.2. The summed E-state index contributed by atoms with van der Waals surface area (Å²) in [4.78, 5) is 58.0. The fourth-order valence-corrected chi connectivity index (χ4v) is 9.30. The van der Waals surface area contributed by atoms with Crippen molar-refractivity contribution in [1.29, 1.82) is 0 Å². The minimum atomic E-state index is -4.92. The minimum absolute atomic E-state index is 0.0917. The molecule has 5 unspecified atom stereocenters. The molecule has 0 saturated carbocycles. The number of phosphoric acid groups is 2. The topological polar surface area (TPSA) is 231 Å². The van der Waals surface area contributed by atoms with Crippen molar-refractivity contribution in [2.75, 3.05) is 39.6 Å². The molecule has 0 saturated heterocycles. The first kappa shape index (κ1) is 76.0. The van der Waals surface area contributed by atoms with Gasteiger partial charge in [-0.25, -0.2) is 9.13 Å². The molecule has 16 nitrogen and oxygen atoms in total. The Balaban J connectivity index is 4.65. The first-order chi connectivity index (χ1) is 38.2. The Morgan fingerprint density at radius 2 is 0.684 bits per heavy atom. The number of esters is 3. The predicted octanol–water partition coefficient (Wildman–Crippen LogP) is 15.6. The standard InChI is InChI=1S/C61H108O16P2/c1-4-7-10-13-16-19-22-24-26-27-29-31-33-35-38-41-44-47-59(64)71-50-56(62)51-73-78(67,68)74-52-57(63)53-75-79(69,70)76-55-58(77-61(66)49-46-43-40-37-32-21-18-15-12-9-6-3)54-72-60(65)48-45-42-39-36-34-30-28-25-23-20-17-14-11-8-5-2/h7,10,15-20,24-26,28,56-58,62-63H,4-6,8-9,11-14,21-23,27,29-55H2,1-3H3,(H,67,68)(H,69,70)/b10-7-,18-15-,19-16-,20-17-,26-24-,28-25-. The van der Waals surface area contributed by atoms with Crippen LogP contribution in [0.1, 0.15) is 239 Å². The van der Waals surface area contributed by atoms with Crippen molar-refractivity contribution >= 4 is 33.6 Å². The molecule has 5 atom stereocenters. The molecule has 0 fully saturated rings. The number of hydrogen-bond acceptors (Lipinski definition) is 14. The molecule has 0 aromatic rings. The third-order valence-electron chi connectivity index (χ3n) is 12.4. The second-order valence-corrected chi connectivity index (χ2v) is 23.0. The maximum absolute atomic E-state index is 12.8. The van der Waals surface area contributed by atoms with E-state index in [-0.39, 0.29) is 19.3 Å². The summed E-state index contributed by atoms with van der Waals surface area (Å²) in [6, 6.07) is 0. The maximum Gasteiger partial charge on any atom is 0.472 e. The largest absolute Gasteiger partial charge is 0.472 e. The fourth-order valence-electron chi connectivity index (χ4n) is 7.71. The van der Waals surface area contributed by atoms with Gasteiger partial charge in [0.1, 0.15) is 25.4 Å². The molecular formula is C61H108O16P2. The lowest BCUT2D eigenvalue weighted by Gasteiger charge is -2.21. The Kier molecular flexibility index (Phi) is 53.4. The van der Waals surface area contributed by atoms with E-state index in [2.05, 4.69) is 93.7 Å². The summed E-state index contributed by atoms with van der Waals surface area (Å²) >= 11 is 0. The van der Waals surface area contributed by atoms with Gasteiger partial charge in [-0.2, -0.15) is 0 Å². The lowest BCUT2D eigenvalue weighted by Crippen LogP contribution is -2.30. The zero-order valence-electron chi connectivity index (χ0n) is 49.0. The quantitative estimate of drug-likeness (QED) is 0.0146. The van der Waals surface area contributed by atoms with Crippen molar-refractivity contribution < 1.29 is 75.8 Å². The molecule has 4 N–H and O–H groups in total. The van der Waals surface area contributed by atoms with Gasteiger partial charge in [0.05, 0.1) is 26.4 Å². The highest BCUT2D eigenvalue weighted by atomic mass is 31.2. The molecule has 0 aliphatic rings. The SMILES string of the molecule is CC/C=C\C/C=C\C/C=C\CCCCCCCCCC(=O)OCC(O)COP(=O)(O)OCC(O)COP(=O)(O)OCC(COC(=O)CCCCCCC/C=C\C/C=C\CCCCC)OC(=O)CCCCCCC/C=C\CCCC. The lowest BCUT2D eigenvalue weighted by molar-refractivity contribution is -0.161. The van der Waals surface area contributed by atoms with Crippen molar-refractivity contribution in [1.82, 2.24) is 0 Å². The molecule has 458 valence electrons. The van der Waals surface area contributed by atoms with E-state index in [4.69, 9.17) is 32.3 Å².